The fourth-order valence-corrected chi connectivity index (χ4v) is 1.54. The van der Waals surface area contributed by atoms with Crippen molar-refractivity contribution >= 4 is 17.2 Å². The lowest BCUT2D eigenvalue weighted by molar-refractivity contribution is 0.0691. The average molecular weight is 245 g/mol. The van der Waals surface area contributed by atoms with Crippen molar-refractivity contribution in [1.29, 1.82) is 0 Å². The first kappa shape index (κ1) is 10.5. The van der Waals surface area contributed by atoms with Crippen LogP contribution in [0.4, 0.5) is 0 Å². The van der Waals surface area contributed by atoms with E-state index in [2.05, 4.69) is 15.0 Å². The van der Waals surface area contributed by atoms with Crippen LogP contribution >= 0.6 is 0 Å². The highest BCUT2D eigenvalue weighted by atomic mass is 16.4. The minimum Gasteiger partial charge on any atom is -0.477 e. The van der Waals surface area contributed by atoms with Gasteiger partial charge in [-0.3, -0.25) is 0 Å². The Kier molecular flexibility index (Phi) is 2.12. The van der Waals surface area contributed by atoms with Gasteiger partial charge in [0.05, 0.1) is 5.69 Å². The number of carbonyl (C=O) groups is 1. The van der Waals surface area contributed by atoms with E-state index >= 15 is 0 Å². The lowest BCUT2D eigenvalue weighted by Gasteiger charge is -1.90. The van der Waals surface area contributed by atoms with Gasteiger partial charge in [-0.1, -0.05) is 0 Å². The van der Waals surface area contributed by atoms with E-state index in [9.17, 15) is 4.79 Å². The van der Waals surface area contributed by atoms with Gasteiger partial charge in [-0.05, 0) is 19.1 Å². The molecule has 0 aliphatic rings. The molecule has 0 aromatic carbocycles. The van der Waals surface area contributed by atoms with Crippen molar-refractivity contribution in [1.82, 2.24) is 15.0 Å². The van der Waals surface area contributed by atoms with E-state index in [0.29, 0.717) is 17.0 Å². The highest BCUT2D eigenvalue weighted by Crippen LogP contribution is 2.25. The van der Waals surface area contributed by atoms with E-state index in [1.807, 2.05) is 0 Å². The number of aromatic carboxylic acids is 1. The number of nitrogens with zero attached hydrogens (tertiary/aromatic N) is 3. The number of aryl methyl sites for hydroxylation is 1. The topological polar surface area (TPSA) is 102 Å². The molecule has 0 amide bonds. The van der Waals surface area contributed by atoms with Crippen LogP contribution in [0.5, 0.6) is 0 Å². The summed E-state index contributed by atoms with van der Waals surface area (Å²) in [7, 11) is 0. The Balaban J connectivity index is 2.17. The van der Waals surface area contributed by atoms with Crippen LogP contribution in [0.25, 0.3) is 22.9 Å². The first-order valence-electron chi connectivity index (χ1n) is 5.06. The van der Waals surface area contributed by atoms with Crippen molar-refractivity contribution in [2.24, 2.45) is 0 Å². The second-order valence-electron chi connectivity index (χ2n) is 3.61. The minimum absolute atomic E-state index is 0.0864. The summed E-state index contributed by atoms with van der Waals surface area (Å²) in [5.74, 6) is -0.475. The zero-order valence-electron chi connectivity index (χ0n) is 9.25. The summed E-state index contributed by atoms with van der Waals surface area (Å²) < 4.78 is 10.6. The number of aromatic nitrogens is 3. The maximum atomic E-state index is 10.8. The molecular weight excluding hydrogens is 238 g/mol. The third-order valence-corrected chi connectivity index (χ3v) is 2.41. The quantitative estimate of drug-likeness (QED) is 0.735. The number of hydrogen-bond acceptors (Lipinski definition) is 6. The van der Waals surface area contributed by atoms with E-state index in [-0.39, 0.29) is 17.2 Å². The van der Waals surface area contributed by atoms with Crippen molar-refractivity contribution < 1.29 is 18.7 Å². The number of pyridine rings is 1. The maximum Gasteiger partial charge on any atom is 0.354 e. The van der Waals surface area contributed by atoms with Gasteiger partial charge in [-0.25, -0.2) is 14.8 Å². The summed E-state index contributed by atoms with van der Waals surface area (Å²) in [5, 5.41) is 8.83. The number of rotatable bonds is 2. The van der Waals surface area contributed by atoms with Crippen LogP contribution in [0.3, 0.4) is 0 Å². The molecular formula is C11H7N3O4. The number of carboxylic acids is 1. The van der Waals surface area contributed by atoms with Gasteiger partial charge in [-0.15, -0.1) is 0 Å². The smallest absolute Gasteiger partial charge is 0.354 e. The summed E-state index contributed by atoms with van der Waals surface area (Å²) >= 11 is 0. The van der Waals surface area contributed by atoms with E-state index in [1.54, 1.807) is 6.92 Å². The van der Waals surface area contributed by atoms with Crippen LogP contribution in [-0.2, 0) is 0 Å². The van der Waals surface area contributed by atoms with Gasteiger partial charge in [0.15, 0.2) is 23.3 Å². The second kappa shape index (κ2) is 3.66. The monoisotopic (exact) mass is 245 g/mol. The molecule has 90 valence electrons. The molecule has 0 aliphatic carbocycles. The number of hydrogen-bond donors (Lipinski definition) is 1. The number of oxazole rings is 2. The van der Waals surface area contributed by atoms with Crippen LogP contribution in [-0.4, -0.2) is 26.0 Å². The van der Waals surface area contributed by atoms with Crippen LogP contribution in [0.15, 0.2) is 27.4 Å². The lowest BCUT2D eigenvalue weighted by Crippen LogP contribution is -1.99. The molecule has 7 nitrogen and oxygen atoms in total. The highest BCUT2D eigenvalue weighted by Gasteiger charge is 2.16. The molecule has 3 aromatic heterocycles. The van der Waals surface area contributed by atoms with Crippen LogP contribution in [0.1, 0.15) is 16.2 Å². The Morgan fingerprint density at radius 1 is 1.33 bits per heavy atom. The first-order valence-corrected chi connectivity index (χ1v) is 5.06. The molecule has 3 heterocycles. The molecule has 0 aliphatic heterocycles. The lowest BCUT2D eigenvalue weighted by atomic mass is 10.3. The van der Waals surface area contributed by atoms with Gasteiger partial charge >= 0.3 is 5.97 Å². The third kappa shape index (κ3) is 1.53. The van der Waals surface area contributed by atoms with Crippen LogP contribution in [0, 0.1) is 6.92 Å². The number of carboxylic acid groups (broad SMARTS) is 1. The second-order valence-corrected chi connectivity index (χ2v) is 3.61. The van der Waals surface area contributed by atoms with Crippen molar-refractivity contribution in [3.8, 4) is 11.7 Å². The van der Waals surface area contributed by atoms with Gasteiger partial charge < -0.3 is 13.9 Å². The summed E-state index contributed by atoms with van der Waals surface area (Å²) in [5.41, 5.74) is 1.17. The van der Waals surface area contributed by atoms with Crippen molar-refractivity contribution in [2.75, 3.05) is 0 Å². The molecule has 0 saturated carbocycles. The predicted molar refractivity (Wildman–Crippen MR) is 59.0 cm³/mol. The van der Waals surface area contributed by atoms with E-state index in [4.69, 9.17) is 13.9 Å². The molecule has 7 heteroatoms. The largest absolute Gasteiger partial charge is 0.477 e. The minimum atomic E-state index is -1.11. The Hall–Kier alpha value is -2.70. The zero-order chi connectivity index (χ0) is 12.7. The van der Waals surface area contributed by atoms with Crippen molar-refractivity contribution in [2.45, 2.75) is 6.92 Å². The molecule has 0 bridgehead atoms. The molecule has 0 unspecified atom stereocenters. The summed E-state index contributed by atoms with van der Waals surface area (Å²) in [6.45, 7) is 1.75. The van der Waals surface area contributed by atoms with Crippen molar-refractivity contribution in [3.63, 3.8) is 0 Å². The first-order chi connectivity index (χ1) is 8.65. The molecule has 1 N–H and O–H groups in total. The SMILES string of the molecule is Cc1ncoc1-c1nc2nc(C(=O)O)ccc2o1. The molecule has 18 heavy (non-hydrogen) atoms. The van der Waals surface area contributed by atoms with Crippen LogP contribution in [0.2, 0.25) is 0 Å². The molecule has 0 atom stereocenters. The van der Waals surface area contributed by atoms with Crippen molar-refractivity contribution in [3.05, 3.63) is 29.9 Å². The average Bonchev–Trinajstić information content (AvgIpc) is 2.92. The third-order valence-electron chi connectivity index (χ3n) is 2.41. The Morgan fingerprint density at radius 2 is 2.17 bits per heavy atom. The zero-order valence-corrected chi connectivity index (χ0v) is 9.25. The Morgan fingerprint density at radius 3 is 2.83 bits per heavy atom. The number of fused-ring (bicyclic) bond motifs is 1. The molecule has 0 spiro atoms. The van der Waals surface area contributed by atoms with E-state index < -0.39 is 5.97 Å². The Labute approximate surface area is 100 Å². The Bertz CT molecular complexity index is 744. The van der Waals surface area contributed by atoms with Gasteiger partial charge in [-0.2, -0.15) is 4.98 Å². The summed E-state index contributed by atoms with van der Waals surface area (Å²) in [4.78, 5) is 22.7. The highest BCUT2D eigenvalue weighted by molar-refractivity contribution is 5.88. The van der Waals surface area contributed by atoms with E-state index in [1.165, 1.54) is 18.5 Å². The predicted octanol–water partition coefficient (Wildman–Crippen LogP) is 1.88. The van der Waals surface area contributed by atoms with Gasteiger partial charge in [0.25, 0.3) is 5.89 Å². The molecule has 3 rings (SSSR count). The molecule has 0 fully saturated rings. The summed E-state index contributed by atoms with van der Waals surface area (Å²) in [6.07, 6.45) is 1.29. The molecule has 0 saturated heterocycles. The van der Waals surface area contributed by atoms with Gasteiger partial charge in [0.1, 0.15) is 0 Å². The molecule has 3 aromatic rings. The van der Waals surface area contributed by atoms with E-state index in [0.717, 1.165) is 0 Å². The summed E-state index contributed by atoms with van der Waals surface area (Å²) in [6, 6.07) is 2.86. The normalized spacial score (nSPS) is 10.9. The molecule has 0 radical (unpaired) electrons. The van der Waals surface area contributed by atoms with Gasteiger partial charge in [0, 0.05) is 0 Å². The fraction of sp³-hybridized carbons (Fsp3) is 0.0909. The van der Waals surface area contributed by atoms with Gasteiger partial charge in [0.2, 0.25) is 5.76 Å². The fourth-order valence-electron chi connectivity index (χ4n) is 1.54. The maximum absolute atomic E-state index is 10.8. The van der Waals surface area contributed by atoms with Crippen LogP contribution < -0.4 is 0 Å². The standard InChI is InChI=1S/C11H7N3O4/c1-5-8(17-4-12-5)10-14-9-7(18-10)3-2-6(13-9)11(15)16/h2-4H,1H3,(H,15,16).